The molecule has 0 aliphatic carbocycles. The van der Waals surface area contributed by atoms with Gasteiger partial charge < -0.3 is 15.3 Å². The Kier molecular flexibility index (Phi) is 29.3. The number of hydrogen-bond acceptors (Lipinski definition) is 3. The predicted octanol–water partition coefficient (Wildman–Crippen LogP) is 7.48. The molecule has 2 atom stereocenters. The van der Waals surface area contributed by atoms with Gasteiger partial charge in [-0.2, -0.15) is 0 Å². The molecule has 2 unspecified atom stereocenters. The van der Waals surface area contributed by atoms with E-state index in [1.165, 1.54) is 103 Å². The van der Waals surface area contributed by atoms with Crippen molar-refractivity contribution in [2.24, 2.45) is 0 Å². The quantitative estimate of drug-likeness (QED) is 0.0740. The first-order valence-corrected chi connectivity index (χ1v) is 15.2. The van der Waals surface area contributed by atoms with Gasteiger partial charge in [-0.05, 0) is 56.4 Å². The van der Waals surface area contributed by atoms with Crippen LogP contribution in [0, 0.1) is 47.9 Å². The van der Waals surface area contributed by atoms with Gasteiger partial charge in [-0.3, -0.25) is 0 Å². The molecule has 0 aromatic heterocycles. The molecule has 0 aromatic rings. The molecule has 0 fully saturated rings. The van der Waals surface area contributed by atoms with Crippen molar-refractivity contribution in [3.05, 3.63) is 12.2 Å². The Balaban J connectivity index is 3.27. The van der Waals surface area contributed by atoms with Gasteiger partial charge in [-0.25, -0.2) is 0 Å². The van der Waals surface area contributed by atoms with E-state index in [2.05, 4.69) is 41.4 Å². The van der Waals surface area contributed by atoms with Crippen LogP contribution in [-0.2, 0) is 0 Å². The Morgan fingerprint density at radius 2 is 1.05 bits per heavy atom. The molecule has 0 saturated carbocycles. The maximum absolute atomic E-state index is 9.72. The molecule has 38 heavy (non-hydrogen) atoms. The zero-order chi connectivity index (χ0) is 27.8. The summed E-state index contributed by atoms with van der Waals surface area (Å²) in [5.74, 6) is 19.2. The summed E-state index contributed by atoms with van der Waals surface area (Å²) in [5.41, 5.74) is 0. The van der Waals surface area contributed by atoms with Gasteiger partial charge in [-0.1, -0.05) is 114 Å². The van der Waals surface area contributed by atoms with Crippen LogP contribution >= 0.6 is 0 Å². The normalized spacial score (nSPS) is 11.9. The van der Waals surface area contributed by atoms with E-state index in [0.717, 1.165) is 32.1 Å². The van der Waals surface area contributed by atoms with Gasteiger partial charge >= 0.3 is 0 Å². The van der Waals surface area contributed by atoms with Gasteiger partial charge in [0.25, 0.3) is 0 Å². The fourth-order valence-corrected chi connectivity index (χ4v) is 4.23. The average Bonchev–Trinajstić information content (AvgIpc) is 2.92. The largest absolute Gasteiger partial charge is 0.384 e. The van der Waals surface area contributed by atoms with Crippen LogP contribution in [0.2, 0.25) is 0 Å². The molecule has 0 spiro atoms. The first-order valence-electron chi connectivity index (χ1n) is 15.2. The minimum atomic E-state index is -0.726. The Labute approximate surface area is 235 Å². The lowest BCUT2D eigenvalue weighted by atomic mass is 10.0. The molecule has 3 N–H and O–H groups in total. The van der Waals surface area contributed by atoms with Crippen LogP contribution in [-0.4, -0.2) is 34.1 Å². The number of aliphatic hydroxyl groups is 3. The second kappa shape index (κ2) is 31.1. The van der Waals surface area contributed by atoms with Crippen molar-refractivity contribution >= 4 is 0 Å². The monoisotopic (exact) mass is 522 g/mol. The van der Waals surface area contributed by atoms with Crippen LogP contribution in [0.25, 0.3) is 0 Å². The molecule has 0 bridgehead atoms. The summed E-state index contributed by atoms with van der Waals surface area (Å²) < 4.78 is 0. The van der Waals surface area contributed by atoms with Gasteiger partial charge in [0.1, 0.15) is 18.8 Å². The average molecular weight is 523 g/mol. The third-order valence-electron chi connectivity index (χ3n) is 6.53. The minimum absolute atomic E-state index is 0.189. The van der Waals surface area contributed by atoms with Crippen LogP contribution < -0.4 is 0 Å². The molecule has 0 aliphatic rings. The number of terminal acetylenes is 1. The van der Waals surface area contributed by atoms with Gasteiger partial charge in [-0.15, -0.1) is 18.3 Å². The molecule has 0 saturated heterocycles. The van der Waals surface area contributed by atoms with Gasteiger partial charge in [0.2, 0.25) is 0 Å². The highest BCUT2D eigenvalue weighted by Gasteiger charge is 1.99. The number of unbranched alkanes of at least 4 members (excludes halogenated alkanes) is 19. The van der Waals surface area contributed by atoms with E-state index in [0.29, 0.717) is 6.42 Å². The van der Waals surface area contributed by atoms with Crippen molar-refractivity contribution in [1.82, 2.24) is 0 Å². The van der Waals surface area contributed by atoms with Crippen LogP contribution in [0.3, 0.4) is 0 Å². The Morgan fingerprint density at radius 3 is 1.55 bits per heavy atom. The Bertz CT molecular complexity index is 772. The van der Waals surface area contributed by atoms with E-state index in [9.17, 15) is 10.2 Å². The lowest BCUT2D eigenvalue weighted by Crippen LogP contribution is -2.01. The van der Waals surface area contributed by atoms with E-state index in [1.54, 1.807) is 6.08 Å². The summed E-state index contributed by atoms with van der Waals surface area (Å²) in [7, 11) is 0. The summed E-state index contributed by atoms with van der Waals surface area (Å²) in [4.78, 5) is 0. The lowest BCUT2D eigenvalue weighted by molar-refractivity contribution is 0.217. The summed E-state index contributed by atoms with van der Waals surface area (Å²) in [5, 5.41) is 27.5. The molecule has 0 amide bonds. The molecule has 3 nitrogen and oxygen atoms in total. The van der Waals surface area contributed by atoms with Crippen molar-refractivity contribution in [2.75, 3.05) is 6.61 Å². The highest BCUT2D eigenvalue weighted by molar-refractivity contribution is 5.27. The zero-order valence-electron chi connectivity index (χ0n) is 24.0. The fraction of sp³-hybridized carbons (Fsp3) is 0.714. The topological polar surface area (TPSA) is 60.7 Å². The first-order chi connectivity index (χ1) is 18.7. The number of hydrogen-bond donors (Lipinski definition) is 3. The third-order valence-corrected chi connectivity index (χ3v) is 6.53. The van der Waals surface area contributed by atoms with E-state index in [4.69, 9.17) is 11.5 Å². The predicted molar refractivity (Wildman–Crippen MR) is 162 cm³/mol. The standard InChI is InChI=1S/C35H54O3/c1-2-34(37)30-26-23-21-19-17-15-13-11-9-7-5-3-4-6-8-10-12-14-16-18-20-22-24-27-31-35(38)32-28-25-29-33-36/h1,26,30,34-38H,3,5,7-24,27,31,33H2/b30-26+. The van der Waals surface area contributed by atoms with Crippen LogP contribution in [0.1, 0.15) is 141 Å². The molecule has 0 rings (SSSR count). The number of allylic oxidation sites excluding steroid dienone is 1. The van der Waals surface area contributed by atoms with E-state index in [-0.39, 0.29) is 6.61 Å². The molecular weight excluding hydrogens is 468 g/mol. The van der Waals surface area contributed by atoms with E-state index < -0.39 is 12.2 Å². The Hall–Kier alpha value is -2.14. The molecule has 0 radical (unpaired) electrons. The summed E-state index contributed by atoms with van der Waals surface area (Å²) in [6, 6.07) is 0. The number of aliphatic hydroxyl groups excluding tert-OH is 3. The van der Waals surface area contributed by atoms with Crippen LogP contribution in [0.5, 0.6) is 0 Å². The fourth-order valence-electron chi connectivity index (χ4n) is 4.23. The molecule has 0 aromatic carbocycles. The smallest absolute Gasteiger partial charge is 0.133 e. The second-order valence-electron chi connectivity index (χ2n) is 10.1. The lowest BCUT2D eigenvalue weighted by Gasteiger charge is -2.03. The SMILES string of the molecule is C#CC(O)/C=C/CCCCCCCCCCCC#CCCCCCCCCCCCC(O)C#CC#CCO. The zero-order valence-corrected chi connectivity index (χ0v) is 24.0. The summed E-state index contributed by atoms with van der Waals surface area (Å²) in [6.07, 6.45) is 34.1. The maximum Gasteiger partial charge on any atom is 0.133 e. The van der Waals surface area contributed by atoms with Crippen molar-refractivity contribution in [3.63, 3.8) is 0 Å². The Morgan fingerprint density at radius 1 is 0.579 bits per heavy atom. The maximum atomic E-state index is 9.72. The van der Waals surface area contributed by atoms with Crippen LogP contribution in [0.15, 0.2) is 12.2 Å². The highest BCUT2D eigenvalue weighted by Crippen LogP contribution is 2.13. The third kappa shape index (κ3) is 30.1. The first kappa shape index (κ1) is 35.9. The number of rotatable bonds is 23. The van der Waals surface area contributed by atoms with Crippen molar-refractivity contribution in [2.45, 2.75) is 153 Å². The van der Waals surface area contributed by atoms with E-state index >= 15 is 0 Å². The second-order valence-corrected chi connectivity index (χ2v) is 10.1. The summed E-state index contributed by atoms with van der Waals surface area (Å²) >= 11 is 0. The molecule has 0 aliphatic heterocycles. The van der Waals surface area contributed by atoms with Crippen molar-refractivity contribution < 1.29 is 15.3 Å². The molecule has 0 heterocycles. The highest BCUT2D eigenvalue weighted by atomic mass is 16.3. The van der Waals surface area contributed by atoms with Gasteiger partial charge in [0, 0.05) is 12.8 Å². The van der Waals surface area contributed by atoms with Gasteiger partial charge in [0.05, 0.1) is 0 Å². The minimum Gasteiger partial charge on any atom is -0.384 e. The van der Waals surface area contributed by atoms with Crippen molar-refractivity contribution in [3.8, 4) is 47.9 Å². The summed E-state index contributed by atoms with van der Waals surface area (Å²) in [6.45, 7) is -0.189. The molecule has 212 valence electrons. The molecule has 3 heteroatoms. The van der Waals surface area contributed by atoms with Crippen LogP contribution in [0.4, 0.5) is 0 Å². The van der Waals surface area contributed by atoms with Gasteiger partial charge in [0.15, 0.2) is 0 Å². The van der Waals surface area contributed by atoms with Crippen molar-refractivity contribution in [1.29, 1.82) is 0 Å². The molecular formula is C35H54O3. The van der Waals surface area contributed by atoms with E-state index in [1.807, 2.05) is 6.08 Å².